The lowest BCUT2D eigenvalue weighted by atomic mass is 9.94. The standard InChI is InChI=1S/C18H18N2O3/c1-3-23-18(21)15-8-10-4-6-12-13-9-11(22-2)5-7-14(13)19-17(12)16(10)20-15/h5,7-9,19-20H,3-4,6H2,1-2H3. The predicted molar refractivity (Wildman–Crippen MR) is 88.0 cm³/mol. The maximum Gasteiger partial charge on any atom is 0.354 e. The van der Waals surface area contributed by atoms with Gasteiger partial charge in [-0.05, 0) is 55.2 Å². The highest BCUT2D eigenvalue weighted by molar-refractivity contribution is 5.94. The van der Waals surface area contributed by atoms with E-state index in [0.29, 0.717) is 12.3 Å². The van der Waals surface area contributed by atoms with Crippen molar-refractivity contribution in [2.45, 2.75) is 19.8 Å². The molecule has 3 aromatic rings. The average Bonchev–Trinajstić information content (AvgIpc) is 3.15. The molecule has 0 fully saturated rings. The number of aryl methyl sites for hydroxylation is 2. The third-order valence-electron chi connectivity index (χ3n) is 4.40. The Kier molecular flexibility index (Phi) is 3.15. The molecule has 0 saturated heterocycles. The quantitative estimate of drug-likeness (QED) is 0.728. The van der Waals surface area contributed by atoms with Gasteiger partial charge in [0.1, 0.15) is 11.4 Å². The SMILES string of the molecule is CCOC(=O)c1cc2c([nH]1)-c1[nH]c3ccc(OC)cc3c1CC2. The van der Waals surface area contributed by atoms with Gasteiger partial charge in [0.25, 0.3) is 0 Å². The lowest BCUT2D eigenvalue weighted by Crippen LogP contribution is -2.04. The Morgan fingerprint density at radius 3 is 2.83 bits per heavy atom. The van der Waals surface area contributed by atoms with Crippen LogP contribution < -0.4 is 4.74 Å². The molecule has 1 aromatic carbocycles. The van der Waals surface area contributed by atoms with Crippen molar-refractivity contribution < 1.29 is 14.3 Å². The first-order valence-electron chi connectivity index (χ1n) is 7.79. The zero-order valence-corrected chi connectivity index (χ0v) is 13.2. The minimum atomic E-state index is -0.304. The molecule has 0 aliphatic heterocycles. The largest absolute Gasteiger partial charge is 0.497 e. The highest BCUT2D eigenvalue weighted by Crippen LogP contribution is 2.38. The molecule has 2 N–H and O–H groups in total. The van der Waals surface area contributed by atoms with Gasteiger partial charge < -0.3 is 19.4 Å². The molecule has 0 atom stereocenters. The van der Waals surface area contributed by atoms with Gasteiger partial charge in [-0.1, -0.05) is 0 Å². The first-order valence-corrected chi connectivity index (χ1v) is 7.79. The molecule has 2 aromatic heterocycles. The molecule has 5 heteroatoms. The van der Waals surface area contributed by atoms with E-state index >= 15 is 0 Å². The second-order valence-electron chi connectivity index (χ2n) is 5.69. The van der Waals surface area contributed by atoms with Crippen LogP contribution in [0.1, 0.15) is 28.5 Å². The molecular weight excluding hydrogens is 292 g/mol. The highest BCUT2D eigenvalue weighted by atomic mass is 16.5. The van der Waals surface area contributed by atoms with Crippen LogP contribution in [0.15, 0.2) is 24.3 Å². The van der Waals surface area contributed by atoms with Gasteiger partial charge in [-0.3, -0.25) is 0 Å². The summed E-state index contributed by atoms with van der Waals surface area (Å²) in [5.41, 5.74) is 6.06. The minimum absolute atomic E-state index is 0.304. The Hall–Kier alpha value is -2.69. The number of aromatic amines is 2. The predicted octanol–water partition coefficient (Wildman–Crippen LogP) is 3.45. The molecule has 0 saturated carbocycles. The number of hydrogen-bond donors (Lipinski definition) is 2. The van der Waals surface area contributed by atoms with E-state index < -0.39 is 0 Å². The van der Waals surface area contributed by atoms with Gasteiger partial charge in [0.15, 0.2) is 0 Å². The van der Waals surface area contributed by atoms with Crippen LogP contribution in [-0.4, -0.2) is 29.7 Å². The summed E-state index contributed by atoms with van der Waals surface area (Å²) in [6, 6.07) is 7.94. The second-order valence-corrected chi connectivity index (χ2v) is 5.69. The number of esters is 1. The second kappa shape index (κ2) is 5.19. The van der Waals surface area contributed by atoms with Gasteiger partial charge in [0, 0.05) is 10.9 Å². The van der Waals surface area contributed by atoms with Crippen LogP contribution in [-0.2, 0) is 17.6 Å². The van der Waals surface area contributed by atoms with Crippen LogP contribution in [0.5, 0.6) is 5.75 Å². The van der Waals surface area contributed by atoms with E-state index in [1.54, 1.807) is 7.11 Å². The minimum Gasteiger partial charge on any atom is -0.497 e. The molecular formula is C18H18N2O3. The number of rotatable bonds is 3. The third-order valence-corrected chi connectivity index (χ3v) is 4.40. The number of fused-ring (bicyclic) bond motifs is 5. The fourth-order valence-corrected chi connectivity index (χ4v) is 3.32. The fraction of sp³-hybridized carbons (Fsp3) is 0.278. The number of aromatic nitrogens is 2. The molecule has 0 radical (unpaired) electrons. The van der Waals surface area contributed by atoms with Crippen LogP contribution in [0.2, 0.25) is 0 Å². The number of ether oxygens (including phenoxy) is 2. The van der Waals surface area contributed by atoms with Crippen molar-refractivity contribution in [1.29, 1.82) is 0 Å². The Morgan fingerprint density at radius 1 is 1.17 bits per heavy atom. The van der Waals surface area contributed by atoms with Crippen molar-refractivity contribution in [1.82, 2.24) is 9.97 Å². The van der Waals surface area contributed by atoms with E-state index in [4.69, 9.17) is 9.47 Å². The summed E-state index contributed by atoms with van der Waals surface area (Å²) in [6.45, 7) is 2.18. The van der Waals surface area contributed by atoms with Crippen LogP contribution in [0.3, 0.4) is 0 Å². The summed E-state index contributed by atoms with van der Waals surface area (Å²) in [7, 11) is 1.68. The van der Waals surface area contributed by atoms with Crippen molar-refractivity contribution >= 4 is 16.9 Å². The average molecular weight is 310 g/mol. The van der Waals surface area contributed by atoms with E-state index in [1.807, 2.05) is 25.1 Å². The summed E-state index contributed by atoms with van der Waals surface area (Å²) in [5, 5.41) is 1.18. The zero-order valence-electron chi connectivity index (χ0n) is 13.2. The molecule has 0 amide bonds. The Balaban J connectivity index is 1.84. The summed E-state index contributed by atoms with van der Waals surface area (Å²) in [4.78, 5) is 18.6. The van der Waals surface area contributed by atoms with E-state index in [2.05, 4.69) is 16.0 Å². The molecule has 1 aliphatic carbocycles. The normalized spacial score (nSPS) is 12.8. The van der Waals surface area contributed by atoms with Crippen molar-refractivity contribution in [2.24, 2.45) is 0 Å². The number of methoxy groups -OCH3 is 1. The number of H-pyrrole nitrogens is 2. The van der Waals surface area contributed by atoms with E-state index in [0.717, 1.165) is 41.1 Å². The van der Waals surface area contributed by atoms with Crippen LogP contribution >= 0.6 is 0 Å². The molecule has 23 heavy (non-hydrogen) atoms. The van der Waals surface area contributed by atoms with Gasteiger partial charge in [0.2, 0.25) is 0 Å². The monoisotopic (exact) mass is 310 g/mol. The topological polar surface area (TPSA) is 67.1 Å². The summed E-state index contributed by atoms with van der Waals surface area (Å²) < 4.78 is 10.4. The number of hydrogen-bond acceptors (Lipinski definition) is 3. The van der Waals surface area contributed by atoms with Crippen molar-refractivity contribution in [2.75, 3.05) is 13.7 Å². The lowest BCUT2D eigenvalue weighted by molar-refractivity contribution is 0.0520. The first-order chi connectivity index (χ1) is 11.2. The van der Waals surface area contributed by atoms with Gasteiger partial charge >= 0.3 is 5.97 Å². The number of carbonyl (C=O) groups is 1. The van der Waals surface area contributed by atoms with Crippen molar-refractivity contribution in [3.63, 3.8) is 0 Å². The Bertz CT molecular complexity index is 905. The molecule has 4 rings (SSSR count). The van der Waals surface area contributed by atoms with E-state index in [9.17, 15) is 4.79 Å². The van der Waals surface area contributed by atoms with Crippen LogP contribution in [0.25, 0.3) is 22.3 Å². The molecule has 0 spiro atoms. The Labute approximate surface area is 133 Å². The number of carbonyl (C=O) groups excluding carboxylic acids is 1. The molecule has 5 nitrogen and oxygen atoms in total. The van der Waals surface area contributed by atoms with Crippen molar-refractivity contribution in [3.8, 4) is 17.1 Å². The van der Waals surface area contributed by atoms with Gasteiger partial charge in [-0.15, -0.1) is 0 Å². The maximum atomic E-state index is 11.9. The summed E-state index contributed by atoms with van der Waals surface area (Å²) in [6.07, 6.45) is 1.85. The molecule has 0 bridgehead atoms. The number of benzene rings is 1. The van der Waals surface area contributed by atoms with Crippen LogP contribution in [0.4, 0.5) is 0 Å². The summed E-state index contributed by atoms with van der Waals surface area (Å²) >= 11 is 0. The molecule has 118 valence electrons. The molecule has 2 heterocycles. The zero-order chi connectivity index (χ0) is 16.0. The highest BCUT2D eigenvalue weighted by Gasteiger charge is 2.24. The first kappa shape index (κ1) is 13.9. The van der Waals surface area contributed by atoms with E-state index in [-0.39, 0.29) is 5.97 Å². The van der Waals surface area contributed by atoms with Crippen LogP contribution in [0, 0.1) is 0 Å². The van der Waals surface area contributed by atoms with Gasteiger partial charge in [-0.25, -0.2) is 4.79 Å². The molecule has 0 unspecified atom stereocenters. The molecule has 1 aliphatic rings. The lowest BCUT2D eigenvalue weighted by Gasteiger charge is -2.12. The van der Waals surface area contributed by atoms with Gasteiger partial charge in [0.05, 0.1) is 25.1 Å². The smallest absolute Gasteiger partial charge is 0.354 e. The Morgan fingerprint density at radius 2 is 2.04 bits per heavy atom. The van der Waals surface area contributed by atoms with Gasteiger partial charge in [-0.2, -0.15) is 0 Å². The number of nitrogens with one attached hydrogen (secondary N) is 2. The fourth-order valence-electron chi connectivity index (χ4n) is 3.32. The maximum absolute atomic E-state index is 11.9. The summed E-state index contributed by atoms with van der Waals surface area (Å²) in [5.74, 6) is 0.546. The van der Waals surface area contributed by atoms with Crippen molar-refractivity contribution in [3.05, 3.63) is 41.1 Å². The third kappa shape index (κ3) is 2.11. The van der Waals surface area contributed by atoms with E-state index in [1.165, 1.54) is 10.9 Å².